The number of likely N-dealkylation sites (N-methyl/N-ethyl adjacent to an activating group) is 1. The molecule has 2 heterocycles. The first-order valence-electron chi connectivity index (χ1n) is 11.4. The molecular weight excluding hydrogens is 461 g/mol. The zero-order valence-electron chi connectivity index (χ0n) is 19.8. The van der Waals surface area contributed by atoms with Crippen molar-refractivity contribution in [1.29, 1.82) is 0 Å². The highest BCUT2D eigenvalue weighted by atomic mass is 19.4. The van der Waals surface area contributed by atoms with E-state index in [-0.39, 0.29) is 5.75 Å². The van der Waals surface area contributed by atoms with Gasteiger partial charge in [0.25, 0.3) is 0 Å². The van der Waals surface area contributed by atoms with Crippen LogP contribution in [-0.2, 0) is 6.54 Å². The Bertz CT molecular complexity index is 1060. The number of alkyl halides is 3. The van der Waals surface area contributed by atoms with E-state index in [2.05, 4.69) is 36.7 Å². The zero-order valence-corrected chi connectivity index (χ0v) is 19.8. The van der Waals surface area contributed by atoms with Crippen LogP contribution in [0.2, 0.25) is 0 Å². The maximum Gasteiger partial charge on any atom is 0.573 e. The average molecular weight is 491 g/mol. The maximum absolute atomic E-state index is 12.3. The Morgan fingerprint density at radius 3 is 2.26 bits per heavy atom. The predicted molar refractivity (Wildman–Crippen MR) is 127 cm³/mol. The van der Waals surface area contributed by atoms with Crippen molar-refractivity contribution in [3.63, 3.8) is 0 Å². The third kappa shape index (κ3) is 7.12. The summed E-state index contributed by atoms with van der Waals surface area (Å²) in [6.07, 6.45) is -4.71. The average Bonchev–Trinajstić information content (AvgIpc) is 3.31. The van der Waals surface area contributed by atoms with Crippen molar-refractivity contribution in [2.45, 2.75) is 12.9 Å². The normalized spacial score (nSPS) is 15.0. The van der Waals surface area contributed by atoms with Gasteiger partial charge in [-0.3, -0.25) is 9.80 Å². The minimum absolute atomic E-state index is 0.269. The number of benzene rings is 2. The van der Waals surface area contributed by atoms with Crippen molar-refractivity contribution in [2.24, 2.45) is 0 Å². The molecule has 0 amide bonds. The van der Waals surface area contributed by atoms with Crippen LogP contribution < -0.4 is 14.4 Å². The van der Waals surface area contributed by atoms with Gasteiger partial charge in [0.2, 0.25) is 0 Å². The van der Waals surface area contributed by atoms with Gasteiger partial charge in [-0.05, 0) is 55.6 Å². The molecule has 7 nitrogen and oxygen atoms in total. The first kappa shape index (κ1) is 24.9. The minimum atomic E-state index is -4.71. The lowest BCUT2D eigenvalue weighted by Crippen LogP contribution is -2.48. The Kier molecular flexibility index (Phi) is 7.82. The summed E-state index contributed by atoms with van der Waals surface area (Å²) in [6.45, 7) is 6.38. The van der Waals surface area contributed by atoms with E-state index in [0.29, 0.717) is 23.6 Å². The van der Waals surface area contributed by atoms with Crippen molar-refractivity contribution in [3.8, 4) is 22.8 Å². The van der Waals surface area contributed by atoms with Crippen molar-refractivity contribution >= 4 is 5.69 Å². The van der Waals surface area contributed by atoms with Crippen molar-refractivity contribution < 1.29 is 27.2 Å². The predicted octanol–water partition coefficient (Wildman–Crippen LogP) is 4.50. The summed E-state index contributed by atoms with van der Waals surface area (Å²) in [5.41, 5.74) is 2.44. The van der Waals surface area contributed by atoms with Crippen LogP contribution in [0.1, 0.15) is 5.76 Å². The minimum Gasteiger partial charge on any atom is -0.497 e. The number of hydrogen-bond acceptors (Lipinski definition) is 7. The van der Waals surface area contributed by atoms with Crippen LogP contribution in [0.4, 0.5) is 18.9 Å². The molecule has 0 spiro atoms. The maximum atomic E-state index is 12.3. The van der Waals surface area contributed by atoms with E-state index in [1.54, 1.807) is 7.11 Å². The van der Waals surface area contributed by atoms with E-state index >= 15 is 0 Å². The lowest BCUT2D eigenvalue weighted by atomic mass is 10.1. The summed E-state index contributed by atoms with van der Waals surface area (Å²) in [5.74, 6) is 1.29. The molecule has 1 aliphatic heterocycles. The lowest BCUT2D eigenvalue weighted by molar-refractivity contribution is -0.274. The molecule has 1 fully saturated rings. The van der Waals surface area contributed by atoms with Gasteiger partial charge in [0, 0.05) is 56.6 Å². The number of ether oxygens (including phenoxy) is 2. The number of nitrogens with zero attached hydrogens (tertiary/aromatic N) is 4. The highest BCUT2D eigenvalue weighted by Crippen LogP contribution is 2.26. The molecule has 0 bridgehead atoms. The molecule has 0 aliphatic carbocycles. The summed E-state index contributed by atoms with van der Waals surface area (Å²) in [7, 11) is 3.70. The van der Waals surface area contributed by atoms with Crippen molar-refractivity contribution in [1.82, 2.24) is 15.0 Å². The highest BCUT2D eigenvalue weighted by molar-refractivity contribution is 5.59. The molecule has 35 heavy (non-hydrogen) atoms. The van der Waals surface area contributed by atoms with E-state index in [4.69, 9.17) is 9.26 Å². The van der Waals surface area contributed by atoms with Gasteiger partial charge >= 0.3 is 6.36 Å². The van der Waals surface area contributed by atoms with Crippen molar-refractivity contribution in [2.75, 3.05) is 58.3 Å². The molecule has 0 atom stereocenters. The van der Waals surface area contributed by atoms with Crippen LogP contribution in [-0.4, -0.2) is 74.7 Å². The van der Waals surface area contributed by atoms with Gasteiger partial charge < -0.3 is 18.9 Å². The third-order valence-electron chi connectivity index (χ3n) is 5.98. The molecule has 0 radical (unpaired) electrons. The Morgan fingerprint density at radius 2 is 1.63 bits per heavy atom. The summed E-state index contributed by atoms with van der Waals surface area (Å²) in [4.78, 5) is 7.00. The van der Waals surface area contributed by atoms with E-state index in [9.17, 15) is 13.2 Å². The summed E-state index contributed by atoms with van der Waals surface area (Å²) >= 11 is 0. The van der Waals surface area contributed by atoms with Gasteiger partial charge in [-0.2, -0.15) is 0 Å². The van der Waals surface area contributed by atoms with Gasteiger partial charge in [0.15, 0.2) is 5.76 Å². The Morgan fingerprint density at radius 1 is 0.971 bits per heavy atom. The summed E-state index contributed by atoms with van der Waals surface area (Å²) < 4.78 is 51.5. The number of methoxy groups -OCH3 is 1. The molecule has 3 aromatic rings. The second-order valence-electron chi connectivity index (χ2n) is 8.52. The molecule has 1 aliphatic rings. The van der Waals surface area contributed by atoms with Crippen LogP contribution in [0.5, 0.6) is 11.5 Å². The quantitative estimate of drug-likeness (QED) is 0.438. The molecule has 1 saturated heterocycles. The van der Waals surface area contributed by atoms with Gasteiger partial charge in [-0.15, -0.1) is 13.2 Å². The van der Waals surface area contributed by atoms with Crippen LogP contribution >= 0.6 is 0 Å². The Balaban J connectivity index is 1.21. The largest absolute Gasteiger partial charge is 0.573 e. The Hall–Kier alpha value is -3.24. The molecule has 0 saturated carbocycles. The van der Waals surface area contributed by atoms with E-state index < -0.39 is 6.36 Å². The summed E-state index contributed by atoms with van der Waals surface area (Å²) in [5, 5.41) is 4.05. The number of rotatable bonds is 9. The standard InChI is InChI=1S/C25H29F3N4O3/c1-30(11-12-31-13-15-32(16-14-31)20-5-9-21(33-2)10-6-20)18-23-17-24(29-35-23)19-3-7-22(8-4-19)34-25(26,27)28/h3-10,17H,11-16,18H2,1-2H3. The van der Waals surface area contributed by atoms with Crippen LogP contribution in [0.25, 0.3) is 11.3 Å². The molecule has 0 N–H and O–H groups in total. The molecule has 2 aromatic carbocycles. The first-order valence-corrected chi connectivity index (χ1v) is 11.4. The third-order valence-corrected chi connectivity index (χ3v) is 5.98. The fourth-order valence-electron chi connectivity index (χ4n) is 4.03. The van der Waals surface area contributed by atoms with Gasteiger partial charge in [0.1, 0.15) is 17.2 Å². The van der Waals surface area contributed by atoms with Crippen LogP contribution in [0.3, 0.4) is 0 Å². The molecule has 10 heteroatoms. The second-order valence-corrected chi connectivity index (χ2v) is 8.52. The van der Waals surface area contributed by atoms with Crippen molar-refractivity contribution in [3.05, 3.63) is 60.4 Å². The smallest absolute Gasteiger partial charge is 0.497 e. The highest BCUT2D eigenvalue weighted by Gasteiger charge is 2.31. The number of piperazine rings is 1. The zero-order chi connectivity index (χ0) is 24.8. The number of hydrogen-bond donors (Lipinski definition) is 0. The molecule has 4 rings (SSSR count). The fraction of sp³-hybridized carbons (Fsp3) is 0.400. The Labute approximate surface area is 202 Å². The van der Waals surface area contributed by atoms with Gasteiger partial charge in [-0.1, -0.05) is 5.16 Å². The van der Waals surface area contributed by atoms with E-state index in [1.165, 1.54) is 30.0 Å². The first-order chi connectivity index (χ1) is 16.8. The molecular formula is C25H29F3N4O3. The number of anilines is 1. The lowest BCUT2D eigenvalue weighted by Gasteiger charge is -2.36. The van der Waals surface area contributed by atoms with E-state index in [0.717, 1.165) is 45.0 Å². The monoisotopic (exact) mass is 490 g/mol. The number of aromatic nitrogens is 1. The summed E-state index contributed by atoms with van der Waals surface area (Å²) in [6, 6.07) is 15.6. The van der Waals surface area contributed by atoms with Gasteiger partial charge in [-0.25, -0.2) is 0 Å². The van der Waals surface area contributed by atoms with Crippen LogP contribution in [0, 0.1) is 0 Å². The van der Waals surface area contributed by atoms with E-state index in [1.807, 2.05) is 25.2 Å². The fourth-order valence-corrected chi connectivity index (χ4v) is 4.03. The number of halogens is 3. The molecule has 0 unspecified atom stereocenters. The molecule has 188 valence electrons. The topological polar surface area (TPSA) is 54.2 Å². The second kappa shape index (κ2) is 11.0. The molecule has 1 aromatic heterocycles. The SMILES string of the molecule is COc1ccc(N2CCN(CCN(C)Cc3cc(-c4ccc(OC(F)(F)F)cc4)no3)CC2)cc1. The van der Waals surface area contributed by atoms with Crippen LogP contribution in [0.15, 0.2) is 59.1 Å². The van der Waals surface area contributed by atoms with Gasteiger partial charge in [0.05, 0.1) is 13.7 Å².